The number of rotatable bonds is 4. The number of aromatic nitrogens is 3. The molecule has 0 bridgehead atoms. The van der Waals surface area contributed by atoms with E-state index in [9.17, 15) is 14.0 Å². The molecule has 3 rings (SSSR count). The number of nitrogens with zero attached hydrogens (tertiary/aromatic N) is 3. The number of hydrogen-bond acceptors (Lipinski definition) is 4. The Morgan fingerprint density at radius 3 is 2.65 bits per heavy atom. The molecule has 1 fully saturated rings. The van der Waals surface area contributed by atoms with Crippen LogP contribution in [0.2, 0.25) is 0 Å². The van der Waals surface area contributed by atoms with E-state index in [1.54, 1.807) is 11.6 Å². The van der Waals surface area contributed by atoms with Crippen molar-refractivity contribution in [3.8, 4) is 0 Å². The third-order valence-corrected chi connectivity index (χ3v) is 3.61. The van der Waals surface area contributed by atoms with Gasteiger partial charge in [0.25, 0.3) is 5.91 Å². The van der Waals surface area contributed by atoms with Crippen LogP contribution in [-0.4, -0.2) is 26.6 Å². The van der Waals surface area contributed by atoms with Crippen molar-refractivity contribution in [2.75, 3.05) is 10.6 Å². The number of halogens is 1. The van der Waals surface area contributed by atoms with Crippen LogP contribution in [0.15, 0.2) is 18.2 Å². The van der Waals surface area contributed by atoms with Gasteiger partial charge in [-0.05, 0) is 31.0 Å². The number of benzene rings is 1. The third-order valence-electron chi connectivity index (χ3n) is 3.61. The van der Waals surface area contributed by atoms with Crippen LogP contribution in [0.3, 0.4) is 0 Å². The van der Waals surface area contributed by atoms with Crippen LogP contribution in [0.5, 0.6) is 0 Å². The molecule has 0 unspecified atom stereocenters. The van der Waals surface area contributed by atoms with Crippen LogP contribution < -0.4 is 10.6 Å². The van der Waals surface area contributed by atoms with Gasteiger partial charge < -0.3 is 5.32 Å². The maximum Gasteiger partial charge on any atom is 0.261 e. The van der Waals surface area contributed by atoms with Crippen LogP contribution in [0.25, 0.3) is 0 Å². The van der Waals surface area contributed by atoms with Crippen LogP contribution in [0.1, 0.15) is 41.9 Å². The Balaban J connectivity index is 1.81. The largest absolute Gasteiger partial charge is 0.326 e. The predicted molar refractivity (Wildman–Crippen MR) is 81.6 cm³/mol. The summed E-state index contributed by atoms with van der Waals surface area (Å²) in [6.07, 6.45) is 2.13. The first kappa shape index (κ1) is 15.1. The summed E-state index contributed by atoms with van der Waals surface area (Å²) < 4.78 is 15.6. The maximum atomic E-state index is 13.9. The molecule has 1 heterocycles. The van der Waals surface area contributed by atoms with Gasteiger partial charge in [-0.2, -0.15) is 0 Å². The Labute approximate surface area is 131 Å². The highest BCUT2D eigenvalue weighted by molar-refractivity contribution is 6.04. The molecule has 7 nitrogen and oxygen atoms in total. The maximum absolute atomic E-state index is 13.9. The van der Waals surface area contributed by atoms with E-state index in [1.807, 2.05) is 0 Å². The smallest absolute Gasteiger partial charge is 0.261 e. The highest BCUT2D eigenvalue weighted by atomic mass is 19.1. The van der Waals surface area contributed by atoms with Gasteiger partial charge in [-0.3, -0.25) is 19.5 Å². The SMILES string of the molecule is CC(=O)Nc1ccc(F)c(C(=O)Nc2nnc(C3CC3)n2C)c1. The van der Waals surface area contributed by atoms with Crippen LogP contribution in [0.4, 0.5) is 16.0 Å². The molecule has 2 aromatic rings. The molecule has 2 N–H and O–H groups in total. The quantitative estimate of drug-likeness (QED) is 0.903. The zero-order valence-electron chi connectivity index (χ0n) is 12.8. The summed E-state index contributed by atoms with van der Waals surface area (Å²) >= 11 is 0. The number of hydrogen-bond donors (Lipinski definition) is 2. The van der Waals surface area contributed by atoms with Crippen molar-refractivity contribution in [2.24, 2.45) is 7.05 Å². The fraction of sp³-hybridized carbons (Fsp3) is 0.333. The second-order valence-corrected chi connectivity index (χ2v) is 5.55. The van der Waals surface area contributed by atoms with E-state index < -0.39 is 11.7 Å². The number of amides is 2. The monoisotopic (exact) mass is 317 g/mol. The fourth-order valence-corrected chi connectivity index (χ4v) is 2.30. The summed E-state index contributed by atoms with van der Waals surface area (Å²) in [4.78, 5) is 23.3. The minimum atomic E-state index is -0.679. The molecule has 8 heteroatoms. The number of anilines is 2. The van der Waals surface area contributed by atoms with Crippen LogP contribution in [-0.2, 0) is 11.8 Å². The van der Waals surface area contributed by atoms with E-state index >= 15 is 0 Å². The van der Waals surface area contributed by atoms with Crippen molar-refractivity contribution < 1.29 is 14.0 Å². The molecule has 1 aliphatic carbocycles. The second kappa shape index (κ2) is 5.79. The lowest BCUT2D eigenvalue weighted by atomic mass is 10.1. The van der Waals surface area contributed by atoms with Gasteiger partial charge in [-0.1, -0.05) is 0 Å². The van der Waals surface area contributed by atoms with E-state index in [1.165, 1.54) is 19.1 Å². The molecular weight excluding hydrogens is 301 g/mol. The van der Waals surface area contributed by atoms with Gasteiger partial charge in [0, 0.05) is 25.6 Å². The Morgan fingerprint density at radius 1 is 1.26 bits per heavy atom. The Bertz CT molecular complexity index is 782. The van der Waals surface area contributed by atoms with E-state index in [0.29, 0.717) is 11.6 Å². The number of carbonyl (C=O) groups is 2. The van der Waals surface area contributed by atoms with Crippen molar-refractivity contribution in [3.05, 3.63) is 35.4 Å². The van der Waals surface area contributed by atoms with Crippen LogP contribution >= 0.6 is 0 Å². The van der Waals surface area contributed by atoms with Crippen molar-refractivity contribution in [1.82, 2.24) is 14.8 Å². The zero-order valence-corrected chi connectivity index (χ0v) is 12.8. The molecule has 1 aromatic carbocycles. The number of carbonyl (C=O) groups excluding carboxylic acids is 2. The molecule has 0 aliphatic heterocycles. The Morgan fingerprint density at radius 2 is 2.00 bits per heavy atom. The van der Waals surface area contributed by atoms with Crippen molar-refractivity contribution in [1.29, 1.82) is 0 Å². The molecule has 0 atom stereocenters. The molecule has 1 aliphatic rings. The first-order chi connectivity index (χ1) is 11.0. The zero-order chi connectivity index (χ0) is 16.6. The van der Waals surface area contributed by atoms with Crippen molar-refractivity contribution in [2.45, 2.75) is 25.7 Å². The lowest BCUT2D eigenvalue weighted by molar-refractivity contribution is -0.114. The minimum absolute atomic E-state index is 0.174. The fourth-order valence-electron chi connectivity index (χ4n) is 2.30. The molecule has 120 valence electrons. The van der Waals surface area contributed by atoms with E-state index in [0.717, 1.165) is 24.7 Å². The third kappa shape index (κ3) is 3.20. The summed E-state index contributed by atoms with van der Waals surface area (Å²) in [6, 6.07) is 3.80. The van der Waals surface area contributed by atoms with Gasteiger partial charge in [0.1, 0.15) is 11.6 Å². The van der Waals surface area contributed by atoms with Crippen LogP contribution in [0, 0.1) is 5.82 Å². The van der Waals surface area contributed by atoms with Crippen molar-refractivity contribution in [3.63, 3.8) is 0 Å². The van der Waals surface area contributed by atoms with Gasteiger partial charge in [0.15, 0.2) is 0 Å². The molecule has 0 saturated heterocycles. The van der Waals surface area contributed by atoms with Crippen molar-refractivity contribution >= 4 is 23.5 Å². The topological polar surface area (TPSA) is 88.9 Å². The highest BCUT2D eigenvalue weighted by Gasteiger charge is 2.29. The normalized spacial score (nSPS) is 13.7. The summed E-state index contributed by atoms with van der Waals surface area (Å²) in [5.74, 6) is -0.161. The molecule has 2 amide bonds. The lowest BCUT2D eigenvalue weighted by Gasteiger charge is -2.08. The molecule has 0 radical (unpaired) electrons. The summed E-state index contributed by atoms with van der Waals surface area (Å²) in [5.41, 5.74) is 0.174. The average molecular weight is 317 g/mol. The summed E-state index contributed by atoms with van der Waals surface area (Å²) in [6.45, 7) is 1.34. The van der Waals surface area contributed by atoms with E-state index in [4.69, 9.17) is 0 Å². The van der Waals surface area contributed by atoms with Gasteiger partial charge in [-0.25, -0.2) is 4.39 Å². The number of nitrogens with one attached hydrogen (secondary N) is 2. The highest BCUT2D eigenvalue weighted by Crippen LogP contribution is 2.39. The second-order valence-electron chi connectivity index (χ2n) is 5.55. The molecular formula is C15H16FN5O2. The molecule has 1 saturated carbocycles. The minimum Gasteiger partial charge on any atom is -0.326 e. The standard InChI is InChI=1S/C15H16FN5O2/c1-8(22)17-10-5-6-12(16)11(7-10)14(23)18-15-20-19-13(21(15)2)9-3-4-9/h5-7,9H,3-4H2,1-2H3,(H,17,22)(H,18,20,23). The first-order valence-corrected chi connectivity index (χ1v) is 7.23. The van der Waals surface area contributed by atoms with E-state index in [2.05, 4.69) is 20.8 Å². The molecule has 0 spiro atoms. The predicted octanol–water partition coefficient (Wildman–Crippen LogP) is 2.04. The van der Waals surface area contributed by atoms with Gasteiger partial charge in [0.2, 0.25) is 11.9 Å². The van der Waals surface area contributed by atoms with Gasteiger partial charge in [-0.15, -0.1) is 10.2 Å². The van der Waals surface area contributed by atoms with E-state index in [-0.39, 0.29) is 17.4 Å². The van der Waals surface area contributed by atoms with Gasteiger partial charge >= 0.3 is 0 Å². The summed E-state index contributed by atoms with van der Waals surface area (Å²) in [5, 5.41) is 13.0. The Kier molecular flexibility index (Phi) is 3.81. The van der Waals surface area contributed by atoms with Gasteiger partial charge in [0.05, 0.1) is 5.56 Å². The molecule has 1 aromatic heterocycles. The lowest BCUT2D eigenvalue weighted by Crippen LogP contribution is -2.17. The average Bonchev–Trinajstić information content (AvgIpc) is 3.26. The Hall–Kier alpha value is -2.77. The first-order valence-electron chi connectivity index (χ1n) is 7.23. The molecule has 23 heavy (non-hydrogen) atoms. The summed E-state index contributed by atoms with van der Waals surface area (Å²) in [7, 11) is 1.76.